The van der Waals surface area contributed by atoms with E-state index in [1.165, 1.54) is 6.07 Å². The minimum atomic E-state index is -1.15. The fraction of sp³-hybridized carbons (Fsp3) is 0.263. The lowest BCUT2D eigenvalue weighted by Crippen LogP contribution is -2.23. The van der Waals surface area contributed by atoms with E-state index in [-0.39, 0.29) is 10.6 Å². The Bertz CT molecular complexity index is 813. The second kappa shape index (κ2) is 7.66. The van der Waals surface area contributed by atoms with Gasteiger partial charge in [0, 0.05) is 5.56 Å². The molecule has 6 heteroatoms. The van der Waals surface area contributed by atoms with Gasteiger partial charge in [0.25, 0.3) is 0 Å². The number of nitrogens with one attached hydrogen (secondary N) is 1. The topological polar surface area (TPSA) is 66.4 Å². The summed E-state index contributed by atoms with van der Waals surface area (Å²) in [5.74, 6) is -1.88. The molecule has 0 aliphatic carbocycles. The van der Waals surface area contributed by atoms with E-state index < -0.39 is 24.2 Å². The summed E-state index contributed by atoms with van der Waals surface area (Å²) in [5, 5.41) is 11.3. The predicted octanol–water partition coefficient (Wildman–Crippen LogP) is 4.33. The van der Waals surface area contributed by atoms with Gasteiger partial charge in [-0.05, 0) is 55.2 Å². The molecule has 0 fully saturated rings. The summed E-state index contributed by atoms with van der Waals surface area (Å²) in [6.07, 6.45) is -0.0860. The van der Waals surface area contributed by atoms with Gasteiger partial charge in [0.1, 0.15) is 5.82 Å². The second-order valence-electron chi connectivity index (χ2n) is 6.07. The van der Waals surface area contributed by atoms with Crippen LogP contribution in [-0.4, -0.2) is 17.5 Å². The number of carboxylic acid groups (broad SMARTS) is 1. The minimum absolute atomic E-state index is 0.0522. The van der Waals surface area contributed by atoms with E-state index >= 15 is 0 Å². The zero-order valence-corrected chi connectivity index (χ0v) is 14.9. The molecule has 2 N–H and O–H groups in total. The van der Waals surface area contributed by atoms with Gasteiger partial charge < -0.3 is 10.4 Å². The lowest BCUT2D eigenvalue weighted by Gasteiger charge is -2.19. The highest BCUT2D eigenvalue weighted by Crippen LogP contribution is 2.35. The average molecular weight is 364 g/mol. The molecule has 0 radical (unpaired) electrons. The first-order valence-electron chi connectivity index (χ1n) is 7.73. The summed E-state index contributed by atoms with van der Waals surface area (Å²) < 4.78 is 14.5. The third-order valence-electron chi connectivity index (χ3n) is 4.05. The number of rotatable bonds is 6. The van der Waals surface area contributed by atoms with E-state index in [9.17, 15) is 14.0 Å². The summed E-state index contributed by atoms with van der Waals surface area (Å²) in [6.45, 7) is 5.89. The third-order valence-corrected chi connectivity index (χ3v) is 4.32. The largest absolute Gasteiger partial charge is 0.481 e. The maximum absolute atomic E-state index is 14.5. The lowest BCUT2D eigenvalue weighted by atomic mass is 9.91. The number of halogens is 2. The van der Waals surface area contributed by atoms with Crippen LogP contribution in [-0.2, 0) is 9.59 Å². The van der Waals surface area contributed by atoms with Gasteiger partial charge >= 0.3 is 5.97 Å². The van der Waals surface area contributed by atoms with Crippen LogP contribution in [0.1, 0.15) is 34.7 Å². The molecule has 4 nitrogen and oxygen atoms in total. The first kappa shape index (κ1) is 18.9. The van der Waals surface area contributed by atoms with Crippen molar-refractivity contribution in [1.29, 1.82) is 0 Å². The molecule has 1 amide bonds. The van der Waals surface area contributed by atoms with Crippen LogP contribution in [0.5, 0.6) is 0 Å². The Hall–Kier alpha value is -2.40. The Labute approximate surface area is 150 Å². The van der Waals surface area contributed by atoms with Crippen LogP contribution < -0.4 is 5.32 Å². The van der Waals surface area contributed by atoms with E-state index in [1.807, 2.05) is 32.9 Å². The molecule has 0 bridgehead atoms. The van der Waals surface area contributed by atoms with Crippen molar-refractivity contribution in [2.45, 2.75) is 33.2 Å². The molecule has 132 valence electrons. The molecule has 0 aliphatic heterocycles. The van der Waals surface area contributed by atoms with Gasteiger partial charge in [-0.3, -0.25) is 9.59 Å². The van der Waals surface area contributed by atoms with Gasteiger partial charge in [0.2, 0.25) is 6.41 Å². The fourth-order valence-electron chi connectivity index (χ4n) is 3.16. The van der Waals surface area contributed by atoms with Crippen molar-refractivity contribution in [2.24, 2.45) is 0 Å². The number of hydrogen-bond donors (Lipinski definition) is 2. The molecule has 25 heavy (non-hydrogen) atoms. The molecule has 2 aromatic rings. The summed E-state index contributed by atoms with van der Waals surface area (Å²) in [5.41, 5.74) is 4.76. The summed E-state index contributed by atoms with van der Waals surface area (Å²) >= 11 is 6.05. The maximum Gasteiger partial charge on any atom is 0.305 e. The first-order chi connectivity index (χ1) is 11.7. The van der Waals surface area contributed by atoms with Gasteiger partial charge in [-0.15, -0.1) is 0 Å². The summed E-state index contributed by atoms with van der Waals surface area (Å²) in [4.78, 5) is 21.9. The molecule has 0 aromatic heterocycles. The molecule has 1 atom stereocenters. The molecule has 0 saturated heterocycles. The number of hydrogen-bond acceptors (Lipinski definition) is 2. The lowest BCUT2D eigenvalue weighted by molar-refractivity contribution is -0.137. The molecule has 2 rings (SSSR count). The van der Waals surface area contributed by atoms with E-state index in [2.05, 4.69) is 5.32 Å². The predicted molar refractivity (Wildman–Crippen MR) is 95.3 cm³/mol. The highest BCUT2D eigenvalue weighted by molar-refractivity contribution is 6.31. The molecule has 2 aromatic carbocycles. The third kappa shape index (κ3) is 4.17. The molecule has 0 heterocycles. The number of carbonyl (C=O) groups is 2. The van der Waals surface area contributed by atoms with E-state index in [0.29, 0.717) is 12.0 Å². The maximum atomic E-state index is 14.5. The van der Waals surface area contributed by atoms with Crippen molar-refractivity contribution < 1.29 is 19.1 Å². The van der Waals surface area contributed by atoms with E-state index in [1.54, 1.807) is 6.07 Å². The first-order valence-corrected chi connectivity index (χ1v) is 8.11. The summed E-state index contributed by atoms with van der Waals surface area (Å²) in [7, 11) is 0. The number of carbonyl (C=O) groups excluding carboxylic acids is 1. The second-order valence-corrected chi connectivity index (χ2v) is 6.48. The molecule has 0 unspecified atom stereocenters. The van der Waals surface area contributed by atoms with E-state index in [4.69, 9.17) is 16.7 Å². The van der Waals surface area contributed by atoms with Crippen LogP contribution in [0.15, 0.2) is 24.3 Å². The number of amides is 1. The van der Waals surface area contributed by atoms with Crippen LogP contribution in [0.4, 0.5) is 4.39 Å². The van der Waals surface area contributed by atoms with Crippen LogP contribution in [0.25, 0.3) is 11.1 Å². The quantitative estimate of drug-likeness (QED) is 0.750. The van der Waals surface area contributed by atoms with Gasteiger partial charge in [-0.25, -0.2) is 4.39 Å². The van der Waals surface area contributed by atoms with Gasteiger partial charge in [0.05, 0.1) is 17.5 Å². The zero-order valence-electron chi connectivity index (χ0n) is 14.2. The monoisotopic (exact) mass is 363 g/mol. The molecular formula is C19H19ClFNO3. The van der Waals surface area contributed by atoms with Crippen LogP contribution in [0.3, 0.4) is 0 Å². The Morgan fingerprint density at radius 2 is 1.84 bits per heavy atom. The van der Waals surface area contributed by atoms with Crippen molar-refractivity contribution >= 4 is 24.0 Å². The van der Waals surface area contributed by atoms with E-state index in [0.717, 1.165) is 22.3 Å². The fourth-order valence-corrected chi connectivity index (χ4v) is 3.39. The van der Waals surface area contributed by atoms with Crippen molar-refractivity contribution in [2.75, 3.05) is 0 Å². The normalized spacial score (nSPS) is 11.9. The highest BCUT2D eigenvalue weighted by atomic mass is 35.5. The molecule has 0 saturated carbocycles. The number of carboxylic acids is 1. The Morgan fingerprint density at radius 3 is 2.36 bits per heavy atom. The number of benzene rings is 2. The number of aliphatic carboxylic acids is 1. The summed E-state index contributed by atoms with van der Waals surface area (Å²) in [6, 6.07) is 6.09. The smallest absolute Gasteiger partial charge is 0.305 e. The zero-order chi connectivity index (χ0) is 18.7. The van der Waals surface area contributed by atoms with Crippen LogP contribution >= 0.6 is 11.6 Å². The highest BCUT2D eigenvalue weighted by Gasteiger charge is 2.22. The Balaban J connectivity index is 2.65. The molecule has 0 spiro atoms. The average Bonchev–Trinajstić information content (AvgIpc) is 2.48. The molecule has 0 aliphatic rings. The minimum Gasteiger partial charge on any atom is -0.481 e. The van der Waals surface area contributed by atoms with Crippen molar-refractivity contribution in [3.63, 3.8) is 0 Å². The Morgan fingerprint density at radius 1 is 1.24 bits per heavy atom. The van der Waals surface area contributed by atoms with Crippen molar-refractivity contribution in [3.05, 3.63) is 57.4 Å². The van der Waals surface area contributed by atoms with Gasteiger partial charge in [0.15, 0.2) is 0 Å². The van der Waals surface area contributed by atoms with Crippen molar-refractivity contribution in [1.82, 2.24) is 5.32 Å². The van der Waals surface area contributed by atoms with Gasteiger partial charge in [-0.2, -0.15) is 0 Å². The van der Waals surface area contributed by atoms with Gasteiger partial charge in [-0.1, -0.05) is 29.3 Å². The SMILES string of the molecule is Cc1cc(C)c(-c2cc(Cl)c(F)c([C@H](CC(=O)O)NC=O)c2)c(C)c1. The molecular weight excluding hydrogens is 345 g/mol. The van der Waals surface area contributed by atoms with Crippen molar-refractivity contribution in [3.8, 4) is 11.1 Å². The Kier molecular flexibility index (Phi) is 5.80. The van der Waals surface area contributed by atoms with Crippen LogP contribution in [0, 0.1) is 26.6 Å². The number of aryl methyl sites for hydroxylation is 3. The standard InChI is InChI=1S/C19H19ClFNO3/c1-10-4-11(2)18(12(3)5-10)13-6-14(19(21)15(20)7-13)16(22-9-23)8-17(24)25/h4-7,9,16H,8H2,1-3H3,(H,22,23)(H,24,25)/t16-/m0/s1. The van der Waals surface area contributed by atoms with Crippen LogP contribution in [0.2, 0.25) is 5.02 Å².